The van der Waals surface area contributed by atoms with E-state index in [4.69, 9.17) is 0 Å². The lowest BCUT2D eigenvalue weighted by atomic mass is 9.53. The topological polar surface area (TPSA) is 72.2 Å². The second-order valence-electron chi connectivity index (χ2n) is 8.21. The van der Waals surface area contributed by atoms with Crippen LogP contribution in [0.15, 0.2) is 23.6 Å². The van der Waals surface area contributed by atoms with Crippen molar-refractivity contribution in [2.45, 2.75) is 61.4 Å². The highest BCUT2D eigenvalue weighted by molar-refractivity contribution is 8.00. The van der Waals surface area contributed by atoms with E-state index in [9.17, 15) is 4.79 Å². The molecule has 4 aliphatic carbocycles. The fourth-order valence-electron chi connectivity index (χ4n) is 5.60. The van der Waals surface area contributed by atoms with Gasteiger partial charge in [0.15, 0.2) is 0 Å². The largest absolute Gasteiger partial charge is 0.350 e. The van der Waals surface area contributed by atoms with Crippen molar-refractivity contribution in [1.82, 2.24) is 24.9 Å². The first-order chi connectivity index (χ1) is 12.1. The summed E-state index contributed by atoms with van der Waals surface area (Å²) in [6, 6.07) is 1.82. The van der Waals surface area contributed by atoms with Crippen LogP contribution in [-0.2, 0) is 4.79 Å². The van der Waals surface area contributed by atoms with Crippen LogP contribution >= 0.6 is 11.8 Å². The third kappa shape index (κ3) is 2.82. The van der Waals surface area contributed by atoms with E-state index >= 15 is 0 Å². The van der Waals surface area contributed by atoms with Gasteiger partial charge in [0.1, 0.15) is 0 Å². The minimum atomic E-state index is -0.203. The average molecular weight is 357 g/mol. The van der Waals surface area contributed by atoms with E-state index in [2.05, 4.69) is 20.4 Å². The van der Waals surface area contributed by atoms with Gasteiger partial charge in [0.2, 0.25) is 11.1 Å². The highest BCUT2D eigenvalue weighted by atomic mass is 32.2. The Balaban J connectivity index is 1.27. The van der Waals surface area contributed by atoms with Crippen molar-refractivity contribution in [1.29, 1.82) is 0 Å². The standard InChI is InChI=1S/C18H23N5OS/c1-11(25-17-20-16-19-3-2-4-23(16)22-17)15(24)21-18-8-12-5-13(9-18)7-14(6-12)10-18/h2-4,11-14H,5-10H2,1H3,(H,21,24). The van der Waals surface area contributed by atoms with E-state index in [0.29, 0.717) is 10.9 Å². The monoisotopic (exact) mass is 357 g/mol. The van der Waals surface area contributed by atoms with Gasteiger partial charge in [0, 0.05) is 17.9 Å². The van der Waals surface area contributed by atoms with E-state index in [1.807, 2.05) is 19.2 Å². The molecule has 4 bridgehead atoms. The highest BCUT2D eigenvalue weighted by Gasteiger charge is 2.51. The third-order valence-electron chi connectivity index (χ3n) is 6.18. The SMILES string of the molecule is CC(Sc1nc2ncccn2n1)C(=O)NC12CC3CC(CC(C3)C1)C2. The van der Waals surface area contributed by atoms with Gasteiger partial charge >= 0.3 is 0 Å². The molecule has 1 amide bonds. The Bertz CT molecular complexity index is 750. The van der Waals surface area contributed by atoms with Crippen LogP contribution in [0, 0.1) is 17.8 Å². The molecule has 1 atom stereocenters. The molecule has 0 aromatic carbocycles. The van der Waals surface area contributed by atoms with E-state index in [1.54, 1.807) is 10.7 Å². The summed E-state index contributed by atoms with van der Waals surface area (Å²) >= 11 is 1.41. The fraction of sp³-hybridized carbons (Fsp3) is 0.667. The maximum absolute atomic E-state index is 12.8. The lowest BCUT2D eigenvalue weighted by Crippen LogP contribution is -2.60. The van der Waals surface area contributed by atoms with Crippen LogP contribution in [0.2, 0.25) is 0 Å². The molecular weight excluding hydrogens is 334 g/mol. The molecule has 1 N–H and O–H groups in total. The van der Waals surface area contributed by atoms with Gasteiger partial charge in [-0.25, -0.2) is 9.50 Å². The molecule has 4 saturated carbocycles. The average Bonchev–Trinajstić information content (AvgIpc) is 2.95. The van der Waals surface area contributed by atoms with E-state index in [0.717, 1.165) is 17.8 Å². The maximum atomic E-state index is 12.8. The number of amides is 1. The molecule has 2 heterocycles. The smallest absolute Gasteiger partial charge is 0.253 e. The van der Waals surface area contributed by atoms with Crippen LogP contribution in [0.25, 0.3) is 5.78 Å². The van der Waals surface area contributed by atoms with Crippen molar-refractivity contribution in [2.24, 2.45) is 17.8 Å². The minimum absolute atomic E-state index is 0.0640. The van der Waals surface area contributed by atoms with Crippen molar-refractivity contribution >= 4 is 23.4 Å². The molecule has 0 aliphatic heterocycles. The zero-order valence-electron chi connectivity index (χ0n) is 14.4. The first-order valence-corrected chi connectivity index (χ1v) is 10.1. The Morgan fingerprint density at radius 1 is 1.28 bits per heavy atom. The van der Waals surface area contributed by atoms with Crippen LogP contribution in [0.1, 0.15) is 45.4 Å². The fourth-order valence-corrected chi connectivity index (χ4v) is 6.35. The first kappa shape index (κ1) is 15.6. The summed E-state index contributed by atoms with van der Waals surface area (Å²) in [7, 11) is 0. The van der Waals surface area contributed by atoms with Gasteiger partial charge in [-0.15, -0.1) is 5.10 Å². The molecule has 2 aromatic rings. The van der Waals surface area contributed by atoms with Crippen molar-refractivity contribution in [3.05, 3.63) is 18.5 Å². The van der Waals surface area contributed by atoms with Gasteiger partial charge in [-0.05, 0) is 69.3 Å². The van der Waals surface area contributed by atoms with Gasteiger partial charge in [0.25, 0.3) is 5.78 Å². The van der Waals surface area contributed by atoms with Crippen LogP contribution in [-0.4, -0.2) is 36.3 Å². The van der Waals surface area contributed by atoms with Gasteiger partial charge < -0.3 is 5.32 Å². The molecule has 0 radical (unpaired) electrons. The molecule has 132 valence electrons. The molecule has 6 rings (SSSR count). The van der Waals surface area contributed by atoms with Crippen molar-refractivity contribution < 1.29 is 4.79 Å². The predicted octanol–water partition coefficient (Wildman–Crippen LogP) is 2.69. The summed E-state index contributed by atoms with van der Waals surface area (Å²) < 4.78 is 1.64. The van der Waals surface area contributed by atoms with Gasteiger partial charge in [-0.2, -0.15) is 4.98 Å². The predicted molar refractivity (Wildman–Crippen MR) is 95.1 cm³/mol. The molecule has 2 aromatic heterocycles. The number of rotatable bonds is 4. The van der Waals surface area contributed by atoms with Gasteiger partial charge in [0.05, 0.1) is 5.25 Å². The van der Waals surface area contributed by atoms with Crippen LogP contribution in [0.3, 0.4) is 0 Å². The second-order valence-corrected chi connectivity index (χ2v) is 9.51. The molecule has 4 fully saturated rings. The van der Waals surface area contributed by atoms with Crippen LogP contribution < -0.4 is 5.32 Å². The number of nitrogens with one attached hydrogen (secondary N) is 1. The number of hydrogen-bond donors (Lipinski definition) is 1. The summed E-state index contributed by atoms with van der Waals surface area (Å²) in [5, 5.41) is 8.23. The summed E-state index contributed by atoms with van der Waals surface area (Å²) in [5.41, 5.74) is 0.0640. The van der Waals surface area contributed by atoms with Crippen molar-refractivity contribution in [3.63, 3.8) is 0 Å². The number of hydrogen-bond acceptors (Lipinski definition) is 5. The maximum Gasteiger partial charge on any atom is 0.253 e. The Hall–Kier alpha value is -1.63. The lowest BCUT2D eigenvalue weighted by Gasteiger charge is -2.57. The summed E-state index contributed by atoms with van der Waals surface area (Å²) in [6.45, 7) is 1.94. The summed E-state index contributed by atoms with van der Waals surface area (Å²) in [5.74, 6) is 3.19. The highest BCUT2D eigenvalue weighted by Crippen LogP contribution is 2.55. The van der Waals surface area contributed by atoms with E-state index in [1.165, 1.54) is 50.3 Å². The number of aromatic nitrogens is 4. The number of nitrogens with zero attached hydrogens (tertiary/aromatic N) is 4. The Labute approximate surface area is 151 Å². The van der Waals surface area contributed by atoms with Crippen LogP contribution in [0.4, 0.5) is 0 Å². The summed E-state index contributed by atoms with van der Waals surface area (Å²) in [6.07, 6.45) is 11.2. The molecule has 25 heavy (non-hydrogen) atoms. The Kier molecular flexibility index (Phi) is 3.55. The number of carbonyl (C=O) groups is 1. The molecule has 6 nitrogen and oxygen atoms in total. The van der Waals surface area contributed by atoms with Gasteiger partial charge in [-0.3, -0.25) is 4.79 Å². The third-order valence-corrected chi connectivity index (χ3v) is 7.13. The summed E-state index contributed by atoms with van der Waals surface area (Å²) in [4.78, 5) is 21.4. The molecule has 7 heteroatoms. The molecule has 0 spiro atoms. The zero-order chi connectivity index (χ0) is 17.0. The minimum Gasteiger partial charge on any atom is -0.350 e. The number of fused-ring (bicyclic) bond motifs is 1. The van der Waals surface area contributed by atoms with Crippen molar-refractivity contribution in [2.75, 3.05) is 0 Å². The molecule has 4 aliphatic rings. The number of carbonyl (C=O) groups excluding carboxylic acids is 1. The molecule has 0 saturated heterocycles. The second kappa shape index (κ2) is 5.69. The first-order valence-electron chi connectivity index (χ1n) is 9.25. The lowest BCUT2D eigenvalue weighted by molar-refractivity contribution is -0.126. The molecule has 1 unspecified atom stereocenters. The van der Waals surface area contributed by atoms with Crippen LogP contribution in [0.5, 0.6) is 0 Å². The van der Waals surface area contributed by atoms with E-state index < -0.39 is 0 Å². The van der Waals surface area contributed by atoms with Crippen molar-refractivity contribution in [3.8, 4) is 0 Å². The van der Waals surface area contributed by atoms with Gasteiger partial charge in [-0.1, -0.05) is 11.8 Å². The molecular formula is C18H23N5OS. The normalized spacial score (nSPS) is 34.4. The Morgan fingerprint density at radius 2 is 1.96 bits per heavy atom. The zero-order valence-corrected chi connectivity index (χ0v) is 15.2. The quantitative estimate of drug-likeness (QED) is 0.852. The van der Waals surface area contributed by atoms with E-state index in [-0.39, 0.29) is 16.7 Å². The Morgan fingerprint density at radius 3 is 2.60 bits per heavy atom. The number of thioether (sulfide) groups is 1.